The van der Waals surface area contributed by atoms with Gasteiger partial charge in [-0.1, -0.05) is 0 Å². The smallest absolute Gasteiger partial charge is 0.195 e. The molecule has 1 unspecified atom stereocenters. The third-order valence-electron chi connectivity index (χ3n) is 2.31. The molecule has 1 N–H and O–H groups in total. The Hall–Kier alpha value is -1.62. The van der Waals surface area contributed by atoms with Crippen LogP contribution in [-0.2, 0) is 0 Å². The summed E-state index contributed by atoms with van der Waals surface area (Å²) in [5, 5.41) is 9.35. The number of hydrogen-bond donors (Lipinski definition) is 1. The van der Waals surface area contributed by atoms with Crippen molar-refractivity contribution in [1.29, 1.82) is 0 Å². The molecule has 1 aromatic carbocycles. The molecule has 0 aliphatic heterocycles. The van der Waals surface area contributed by atoms with Gasteiger partial charge < -0.3 is 5.11 Å². The highest BCUT2D eigenvalue weighted by Gasteiger charge is 2.18. The van der Waals surface area contributed by atoms with Crippen LogP contribution < -0.4 is 0 Å². The molecule has 2 nitrogen and oxygen atoms in total. The molecule has 1 aromatic heterocycles. The molecule has 5 heteroatoms. The van der Waals surface area contributed by atoms with Gasteiger partial charge in [-0.15, -0.1) is 0 Å². The third-order valence-corrected chi connectivity index (χ3v) is 2.31. The van der Waals surface area contributed by atoms with Gasteiger partial charge in [0.25, 0.3) is 0 Å². The summed E-state index contributed by atoms with van der Waals surface area (Å²) >= 11 is 0. The van der Waals surface area contributed by atoms with E-state index in [9.17, 15) is 18.3 Å². The van der Waals surface area contributed by atoms with Crippen LogP contribution in [0, 0.1) is 17.5 Å². The molecular weight excluding hydrogens is 219 g/mol. The first-order chi connectivity index (χ1) is 7.52. The van der Waals surface area contributed by atoms with E-state index in [2.05, 4.69) is 4.98 Å². The van der Waals surface area contributed by atoms with Gasteiger partial charge in [-0.05, 0) is 24.4 Å². The third kappa shape index (κ3) is 1.53. The largest absolute Gasteiger partial charge is 0.387 e. The van der Waals surface area contributed by atoms with Crippen molar-refractivity contribution < 1.29 is 18.3 Å². The van der Waals surface area contributed by atoms with E-state index >= 15 is 0 Å². The quantitative estimate of drug-likeness (QED) is 0.760. The molecule has 0 bridgehead atoms. The summed E-state index contributed by atoms with van der Waals surface area (Å²) in [6, 6.07) is 2.23. The molecule has 0 saturated heterocycles. The van der Waals surface area contributed by atoms with E-state index in [-0.39, 0.29) is 16.5 Å². The fraction of sp³-hybridized carbons (Fsp3) is 0.182. The summed E-state index contributed by atoms with van der Waals surface area (Å²) in [6.07, 6.45) is 0.254. The summed E-state index contributed by atoms with van der Waals surface area (Å²) in [4.78, 5) is 3.76. The topological polar surface area (TPSA) is 33.1 Å². The minimum Gasteiger partial charge on any atom is -0.387 e. The van der Waals surface area contributed by atoms with E-state index in [1.54, 1.807) is 0 Å². The van der Waals surface area contributed by atoms with Crippen molar-refractivity contribution in [3.63, 3.8) is 0 Å². The Labute approximate surface area is 89.4 Å². The molecule has 0 aliphatic carbocycles. The number of rotatable bonds is 1. The maximum absolute atomic E-state index is 13.5. The van der Waals surface area contributed by atoms with E-state index < -0.39 is 23.6 Å². The van der Waals surface area contributed by atoms with Crippen LogP contribution >= 0.6 is 0 Å². The van der Waals surface area contributed by atoms with Crippen molar-refractivity contribution in [3.8, 4) is 0 Å². The first-order valence-corrected chi connectivity index (χ1v) is 4.62. The fourth-order valence-electron chi connectivity index (χ4n) is 1.58. The summed E-state index contributed by atoms with van der Waals surface area (Å²) in [5.74, 6) is -4.13. The predicted octanol–water partition coefficient (Wildman–Crippen LogP) is 2.71. The molecule has 0 aliphatic rings. The van der Waals surface area contributed by atoms with Crippen LogP contribution in [0.15, 0.2) is 18.3 Å². The summed E-state index contributed by atoms with van der Waals surface area (Å²) in [7, 11) is 0. The lowest BCUT2D eigenvalue weighted by molar-refractivity contribution is 0.195. The highest BCUT2D eigenvalue weighted by Crippen LogP contribution is 2.27. The lowest BCUT2D eigenvalue weighted by atomic mass is 10.1. The van der Waals surface area contributed by atoms with Gasteiger partial charge in [0.1, 0.15) is 0 Å². The Bertz CT molecular complexity index is 554. The molecule has 2 rings (SSSR count). The molecule has 0 saturated carbocycles. The normalized spacial score (nSPS) is 13.1. The maximum atomic E-state index is 13.5. The van der Waals surface area contributed by atoms with E-state index in [0.717, 1.165) is 6.07 Å². The molecule has 2 aromatic rings. The van der Waals surface area contributed by atoms with Crippen molar-refractivity contribution in [2.75, 3.05) is 0 Å². The first-order valence-electron chi connectivity index (χ1n) is 4.62. The van der Waals surface area contributed by atoms with Gasteiger partial charge >= 0.3 is 0 Å². The van der Waals surface area contributed by atoms with Crippen molar-refractivity contribution in [2.24, 2.45) is 0 Å². The van der Waals surface area contributed by atoms with Crippen LogP contribution in [0.2, 0.25) is 0 Å². The van der Waals surface area contributed by atoms with Crippen molar-refractivity contribution >= 4 is 10.8 Å². The second-order valence-corrected chi connectivity index (χ2v) is 3.46. The predicted molar refractivity (Wildman–Crippen MR) is 52.3 cm³/mol. The number of halogens is 3. The van der Waals surface area contributed by atoms with E-state index in [0.29, 0.717) is 0 Å². The minimum atomic E-state index is -1.55. The molecule has 0 fully saturated rings. The Balaban J connectivity index is 2.92. The van der Waals surface area contributed by atoms with Gasteiger partial charge in [-0.2, -0.15) is 0 Å². The van der Waals surface area contributed by atoms with Gasteiger partial charge in [0.05, 0.1) is 11.8 Å². The number of pyridine rings is 1. The standard InChI is InChI=1S/C11H8F3NO/c1-5(16)11-8-6(2-3-15-11)4-7(12)9(13)10(8)14/h2-5,16H,1H3. The molecule has 0 spiro atoms. The Morgan fingerprint density at radius 3 is 2.56 bits per heavy atom. The number of fused-ring (bicyclic) bond motifs is 1. The van der Waals surface area contributed by atoms with Crippen molar-refractivity contribution in [1.82, 2.24) is 4.98 Å². The Kier molecular flexibility index (Phi) is 2.55. The van der Waals surface area contributed by atoms with Gasteiger partial charge in [-0.3, -0.25) is 4.98 Å². The van der Waals surface area contributed by atoms with Crippen molar-refractivity contribution in [2.45, 2.75) is 13.0 Å². The highest BCUT2D eigenvalue weighted by molar-refractivity contribution is 5.85. The van der Waals surface area contributed by atoms with Crippen LogP contribution in [-0.4, -0.2) is 10.1 Å². The zero-order chi connectivity index (χ0) is 11.9. The van der Waals surface area contributed by atoms with Crippen LogP contribution in [0.3, 0.4) is 0 Å². The van der Waals surface area contributed by atoms with E-state index in [1.165, 1.54) is 19.2 Å². The van der Waals surface area contributed by atoms with Crippen LogP contribution in [0.1, 0.15) is 18.7 Å². The van der Waals surface area contributed by atoms with E-state index in [4.69, 9.17) is 0 Å². The molecule has 0 amide bonds. The second-order valence-electron chi connectivity index (χ2n) is 3.46. The molecule has 1 heterocycles. The number of nitrogens with zero attached hydrogens (tertiary/aromatic N) is 1. The highest BCUT2D eigenvalue weighted by atomic mass is 19.2. The van der Waals surface area contributed by atoms with Crippen LogP contribution in [0.25, 0.3) is 10.8 Å². The Morgan fingerprint density at radius 1 is 1.25 bits per heavy atom. The first kappa shape index (κ1) is 10.9. The number of aliphatic hydroxyl groups is 1. The van der Waals surface area contributed by atoms with Gasteiger partial charge in [0.2, 0.25) is 0 Å². The maximum Gasteiger partial charge on any atom is 0.195 e. The fourth-order valence-corrected chi connectivity index (χ4v) is 1.58. The Morgan fingerprint density at radius 2 is 1.94 bits per heavy atom. The van der Waals surface area contributed by atoms with Gasteiger partial charge in [-0.25, -0.2) is 13.2 Å². The van der Waals surface area contributed by atoms with Crippen molar-refractivity contribution in [3.05, 3.63) is 41.5 Å². The number of aliphatic hydroxyl groups excluding tert-OH is 1. The summed E-state index contributed by atoms with van der Waals surface area (Å²) in [5.41, 5.74) is -0.00565. The van der Waals surface area contributed by atoms with Gasteiger partial charge in [0, 0.05) is 11.6 Å². The minimum absolute atomic E-state index is 0.00565. The average molecular weight is 227 g/mol. The second kappa shape index (κ2) is 3.75. The monoisotopic (exact) mass is 227 g/mol. The lowest BCUT2D eigenvalue weighted by Crippen LogP contribution is -2.01. The summed E-state index contributed by atoms with van der Waals surface area (Å²) in [6.45, 7) is 1.38. The van der Waals surface area contributed by atoms with E-state index in [1.807, 2.05) is 0 Å². The molecule has 84 valence electrons. The molecule has 1 atom stereocenters. The van der Waals surface area contributed by atoms with Crippen LogP contribution in [0.5, 0.6) is 0 Å². The SMILES string of the molecule is CC(O)c1nccc2cc(F)c(F)c(F)c12. The van der Waals surface area contributed by atoms with Gasteiger partial charge in [0.15, 0.2) is 17.5 Å². The number of aromatic nitrogens is 1. The molecule has 0 radical (unpaired) electrons. The zero-order valence-electron chi connectivity index (χ0n) is 8.34. The lowest BCUT2D eigenvalue weighted by Gasteiger charge is -2.09. The zero-order valence-corrected chi connectivity index (χ0v) is 8.34. The van der Waals surface area contributed by atoms with Crippen LogP contribution in [0.4, 0.5) is 13.2 Å². The molecular formula is C11H8F3NO. The summed E-state index contributed by atoms with van der Waals surface area (Å²) < 4.78 is 39.5. The number of hydrogen-bond acceptors (Lipinski definition) is 2. The number of benzene rings is 1. The average Bonchev–Trinajstić information content (AvgIpc) is 2.25. The molecule has 16 heavy (non-hydrogen) atoms.